The summed E-state index contributed by atoms with van der Waals surface area (Å²) >= 11 is 0. The Hall–Kier alpha value is -2.45. The van der Waals surface area contributed by atoms with E-state index in [1.165, 1.54) is 0 Å². The number of nitrogens with zero attached hydrogens (tertiary/aromatic N) is 2. The van der Waals surface area contributed by atoms with Crippen molar-refractivity contribution in [3.63, 3.8) is 0 Å². The van der Waals surface area contributed by atoms with E-state index in [-0.39, 0.29) is 41.9 Å². The molecule has 4 rings (SSSR count). The van der Waals surface area contributed by atoms with Gasteiger partial charge in [0.15, 0.2) is 0 Å². The summed E-state index contributed by atoms with van der Waals surface area (Å²) < 4.78 is 5.26. The van der Waals surface area contributed by atoms with Gasteiger partial charge in [0.25, 0.3) is 5.91 Å². The van der Waals surface area contributed by atoms with Gasteiger partial charge in [-0.2, -0.15) is 0 Å². The molecule has 1 aromatic carbocycles. The van der Waals surface area contributed by atoms with Crippen molar-refractivity contribution < 1.29 is 19.1 Å². The maximum absolute atomic E-state index is 12.8. The van der Waals surface area contributed by atoms with Crippen LogP contribution in [-0.2, 0) is 14.3 Å². The third-order valence-corrected chi connectivity index (χ3v) is 6.74. The molecule has 0 spiro atoms. The Labute approximate surface area is 183 Å². The number of hydrogen-bond acceptors (Lipinski definition) is 5. The van der Waals surface area contributed by atoms with Gasteiger partial charge in [-0.3, -0.25) is 19.3 Å². The first-order valence-electron chi connectivity index (χ1n) is 11.2. The molecule has 0 aromatic heterocycles. The number of fused-ring (bicyclic) bond motifs is 1. The van der Waals surface area contributed by atoms with Crippen LogP contribution in [0.2, 0.25) is 0 Å². The summed E-state index contributed by atoms with van der Waals surface area (Å²) in [4.78, 5) is 41.9. The van der Waals surface area contributed by atoms with Crippen LogP contribution in [0.4, 0.5) is 0 Å². The van der Waals surface area contributed by atoms with Crippen molar-refractivity contribution in [3.8, 4) is 0 Å². The van der Waals surface area contributed by atoms with Crippen molar-refractivity contribution in [1.29, 1.82) is 0 Å². The van der Waals surface area contributed by atoms with Crippen LogP contribution < -0.4 is 10.6 Å². The minimum Gasteiger partial charge on any atom is -0.383 e. The second-order valence-electron chi connectivity index (χ2n) is 8.76. The summed E-state index contributed by atoms with van der Waals surface area (Å²) in [5, 5.41) is 6.07. The average molecular weight is 429 g/mol. The lowest BCUT2D eigenvalue weighted by Crippen LogP contribution is -2.58. The summed E-state index contributed by atoms with van der Waals surface area (Å²) in [6.45, 7) is 2.56. The molecular formula is C23H32N4O4. The van der Waals surface area contributed by atoms with Gasteiger partial charge in [0.05, 0.1) is 18.7 Å². The molecule has 8 heteroatoms. The fourth-order valence-corrected chi connectivity index (χ4v) is 5.17. The van der Waals surface area contributed by atoms with Gasteiger partial charge < -0.3 is 20.3 Å². The zero-order chi connectivity index (χ0) is 21.8. The molecule has 4 atom stereocenters. The smallest absolute Gasteiger partial charge is 0.251 e. The van der Waals surface area contributed by atoms with Gasteiger partial charge in [0, 0.05) is 50.8 Å². The molecule has 3 amide bonds. The van der Waals surface area contributed by atoms with Gasteiger partial charge in [-0.1, -0.05) is 18.2 Å². The minimum atomic E-state index is -0.247. The summed E-state index contributed by atoms with van der Waals surface area (Å²) in [6, 6.07) is 9.09. The van der Waals surface area contributed by atoms with Crippen molar-refractivity contribution in [2.24, 2.45) is 0 Å². The molecule has 2 N–H and O–H groups in total. The van der Waals surface area contributed by atoms with Gasteiger partial charge in [-0.25, -0.2) is 0 Å². The first-order valence-corrected chi connectivity index (χ1v) is 11.2. The van der Waals surface area contributed by atoms with Crippen LogP contribution in [-0.4, -0.2) is 85.0 Å². The highest BCUT2D eigenvalue weighted by Crippen LogP contribution is 2.27. The lowest BCUT2D eigenvalue weighted by atomic mass is 10.0. The number of hydrogen-bond donors (Lipinski definition) is 2. The summed E-state index contributed by atoms with van der Waals surface area (Å²) in [7, 11) is 1.67. The van der Waals surface area contributed by atoms with E-state index in [2.05, 4.69) is 15.5 Å². The normalized spacial score (nSPS) is 28.3. The van der Waals surface area contributed by atoms with Gasteiger partial charge in [-0.05, 0) is 37.8 Å². The van der Waals surface area contributed by atoms with Gasteiger partial charge in [0.2, 0.25) is 11.8 Å². The second kappa shape index (κ2) is 9.78. The van der Waals surface area contributed by atoms with Crippen LogP contribution >= 0.6 is 0 Å². The van der Waals surface area contributed by atoms with Gasteiger partial charge in [0.1, 0.15) is 0 Å². The molecule has 3 heterocycles. The first-order chi connectivity index (χ1) is 15.1. The Bertz CT molecular complexity index is 802. The predicted octanol–water partition coefficient (Wildman–Crippen LogP) is 0.775. The average Bonchev–Trinajstić information content (AvgIpc) is 3.42. The third-order valence-electron chi connectivity index (χ3n) is 6.74. The molecule has 31 heavy (non-hydrogen) atoms. The largest absolute Gasteiger partial charge is 0.383 e. The number of amides is 3. The van der Waals surface area contributed by atoms with Crippen LogP contribution in [0, 0.1) is 0 Å². The quantitative estimate of drug-likeness (QED) is 0.670. The van der Waals surface area contributed by atoms with Crippen LogP contribution in [0.3, 0.4) is 0 Å². The monoisotopic (exact) mass is 428 g/mol. The van der Waals surface area contributed by atoms with Crippen LogP contribution in [0.15, 0.2) is 30.3 Å². The molecule has 3 aliphatic heterocycles. The van der Waals surface area contributed by atoms with Crippen molar-refractivity contribution in [2.45, 2.75) is 56.3 Å². The number of carbonyl (C=O) groups is 3. The van der Waals surface area contributed by atoms with Crippen molar-refractivity contribution >= 4 is 17.7 Å². The molecular weight excluding hydrogens is 396 g/mol. The third kappa shape index (κ3) is 4.91. The van der Waals surface area contributed by atoms with E-state index in [4.69, 9.17) is 4.74 Å². The highest BCUT2D eigenvalue weighted by molar-refractivity contribution is 5.94. The standard InChI is InChI=1S/C23H32N4O4/c1-31-15-19-8-5-11-26(19)21(28)10-9-18-13-24-23(30)20-12-17(14-27(18)20)25-22(29)16-6-3-2-4-7-16/h2-4,6-7,17-20H,5,8-15H2,1H3,(H,24,30)(H,25,29)/t17-,18+,19+,20-/m0/s1. The number of likely N-dealkylation sites (tertiary alicyclic amines) is 1. The minimum absolute atomic E-state index is 0.0127. The molecule has 0 aliphatic carbocycles. The number of methoxy groups -OCH3 is 1. The highest BCUT2D eigenvalue weighted by Gasteiger charge is 2.44. The number of piperazine rings is 1. The molecule has 8 nitrogen and oxygen atoms in total. The summed E-state index contributed by atoms with van der Waals surface area (Å²) in [6.07, 6.45) is 3.78. The fraction of sp³-hybridized carbons (Fsp3) is 0.609. The molecule has 0 radical (unpaired) electrons. The molecule has 0 saturated carbocycles. The molecule has 3 aliphatic rings. The van der Waals surface area contributed by atoms with Crippen LogP contribution in [0.5, 0.6) is 0 Å². The van der Waals surface area contributed by atoms with E-state index >= 15 is 0 Å². The molecule has 1 aromatic rings. The second-order valence-corrected chi connectivity index (χ2v) is 8.76. The Kier molecular flexibility index (Phi) is 6.87. The van der Waals surface area contributed by atoms with Gasteiger partial charge >= 0.3 is 0 Å². The number of rotatable bonds is 7. The highest BCUT2D eigenvalue weighted by atomic mass is 16.5. The fourth-order valence-electron chi connectivity index (χ4n) is 5.17. The number of nitrogens with one attached hydrogen (secondary N) is 2. The van der Waals surface area contributed by atoms with Crippen molar-refractivity contribution in [2.75, 3.05) is 33.4 Å². The van der Waals surface area contributed by atoms with Crippen molar-refractivity contribution in [1.82, 2.24) is 20.4 Å². The topological polar surface area (TPSA) is 91.0 Å². The van der Waals surface area contributed by atoms with E-state index in [0.29, 0.717) is 44.5 Å². The number of carbonyl (C=O) groups excluding carboxylic acids is 3. The maximum atomic E-state index is 12.8. The van der Waals surface area contributed by atoms with E-state index < -0.39 is 0 Å². The Balaban J connectivity index is 1.33. The summed E-state index contributed by atoms with van der Waals surface area (Å²) in [5.41, 5.74) is 0.621. The molecule has 3 fully saturated rings. The van der Waals surface area contributed by atoms with Crippen molar-refractivity contribution in [3.05, 3.63) is 35.9 Å². The zero-order valence-corrected chi connectivity index (χ0v) is 18.1. The maximum Gasteiger partial charge on any atom is 0.251 e. The lowest BCUT2D eigenvalue weighted by molar-refractivity contribution is -0.133. The van der Waals surface area contributed by atoms with E-state index in [9.17, 15) is 14.4 Å². The first kappa shape index (κ1) is 21.8. The Morgan fingerprint density at radius 1 is 1.23 bits per heavy atom. The zero-order valence-electron chi connectivity index (χ0n) is 18.1. The number of benzene rings is 1. The lowest BCUT2D eigenvalue weighted by Gasteiger charge is -2.37. The number of ether oxygens (including phenoxy) is 1. The van der Waals surface area contributed by atoms with Crippen LogP contribution in [0.1, 0.15) is 42.5 Å². The van der Waals surface area contributed by atoms with Crippen LogP contribution in [0.25, 0.3) is 0 Å². The SMILES string of the molecule is COC[C@H]1CCCN1C(=O)CC[C@@H]1CNC(=O)[C@@H]2C[C@H](NC(=O)c3ccccc3)CN12. The molecule has 3 saturated heterocycles. The molecule has 0 unspecified atom stereocenters. The predicted molar refractivity (Wildman–Crippen MR) is 115 cm³/mol. The molecule has 168 valence electrons. The Morgan fingerprint density at radius 3 is 2.81 bits per heavy atom. The van der Waals surface area contributed by atoms with E-state index in [1.807, 2.05) is 23.1 Å². The van der Waals surface area contributed by atoms with E-state index in [1.54, 1.807) is 19.2 Å². The summed E-state index contributed by atoms with van der Waals surface area (Å²) in [5.74, 6) is 0.0654. The van der Waals surface area contributed by atoms with E-state index in [0.717, 1.165) is 19.4 Å². The Morgan fingerprint density at radius 2 is 2.03 bits per heavy atom. The van der Waals surface area contributed by atoms with Gasteiger partial charge in [-0.15, -0.1) is 0 Å². The molecule has 0 bridgehead atoms.